The summed E-state index contributed by atoms with van der Waals surface area (Å²) in [6.07, 6.45) is 3.56. The normalized spacial score (nSPS) is 14.2. The molecule has 6 nitrogen and oxygen atoms in total. The molecule has 1 aliphatic heterocycles. The van der Waals surface area contributed by atoms with Gasteiger partial charge in [0.1, 0.15) is 18.0 Å². The number of rotatable bonds is 6. The minimum absolute atomic E-state index is 0.737. The molecule has 1 saturated heterocycles. The van der Waals surface area contributed by atoms with Crippen LogP contribution in [-0.4, -0.2) is 44.1 Å². The largest absolute Gasteiger partial charge is 0.366 e. The van der Waals surface area contributed by atoms with Crippen molar-refractivity contribution in [2.24, 2.45) is 0 Å². The molecule has 5 rings (SSSR count). The standard InChI is InChI=1S/C23H24N6S/c1-2-4-21-20(3-1)27-17-29(21)15-19-7-5-18(6-8-19)14-24-22-13-23(26-16-25-22)28-9-11-30-12-10-28/h1-8,13,16-17H,9-12,14-15H2,(H,24,25,26). The van der Waals surface area contributed by atoms with E-state index in [9.17, 15) is 0 Å². The first-order valence-corrected chi connectivity index (χ1v) is 11.4. The zero-order chi connectivity index (χ0) is 20.2. The number of nitrogens with zero attached hydrogens (tertiary/aromatic N) is 5. The van der Waals surface area contributed by atoms with E-state index in [1.165, 1.54) is 11.1 Å². The number of para-hydroxylation sites is 2. The van der Waals surface area contributed by atoms with Crippen molar-refractivity contribution in [3.05, 3.63) is 78.4 Å². The van der Waals surface area contributed by atoms with E-state index in [2.05, 4.69) is 72.2 Å². The number of anilines is 2. The number of benzene rings is 2. The molecule has 1 N–H and O–H groups in total. The summed E-state index contributed by atoms with van der Waals surface area (Å²) < 4.78 is 2.18. The van der Waals surface area contributed by atoms with Crippen LogP contribution >= 0.6 is 11.8 Å². The summed E-state index contributed by atoms with van der Waals surface area (Å²) in [5.41, 5.74) is 4.68. The number of hydrogen-bond acceptors (Lipinski definition) is 6. The Morgan fingerprint density at radius 1 is 0.900 bits per heavy atom. The van der Waals surface area contributed by atoms with Crippen molar-refractivity contribution in [1.29, 1.82) is 0 Å². The molecule has 0 atom stereocenters. The lowest BCUT2D eigenvalue weighted by molar-refractivity contribution is 0.823. The number of hydrogen-bond donors (Lipinski definition) is 1. The first-order valence-electron chi connectivity index (χ1n) is 10.2. The molecule has 0 aliphatic carbocycles. The predicted molar refractivity (Wildman–Crippen MR) is 124 cm³/mol. The SMILES string of the molecule is c1ccc2c(c1)ncn2Cc1ccc(CNc2cc(N3CCSCC3)ncn2)cc1. The first kappa shape index (κ1) is 18.9. The number of aromatic nitrogens is 4. The van der Waals surface area contributed by atoms with E-state index in [1.54, 1.807) is 6.33 Å². The lowest BCUT2D eigenvalue weighted by Gasteiger charge is -2.27. The third-order valence-electron chi connectivity index (χ3n) is 5.36. The van der Waals surface area contributed by atoms with E-state index in [1.807, 2.05) is 30.2 Å². The minimum Gasteiger partial charge on any atom is -0.366 e. The van der Waals surface area contributed by atoms with Gasteiger partial charge in [-0.2, -0.15) is 11.8 Å². The molecule has 30 heavy (non-hydrogen) atoms. The van der Waals surface area contributed by atoms with E-state index in [0.717, 1.165) is 60.4 Å². The number of imidazole rings is 1. The van der Waals surface area contributed by atoms with Crippen LogP contribution in [0.5, 0.6) is 0 Å². The fraction of sp³-hybridized carbons (Fsp3) is 0.261. The van der Waals surface area contributed by atoms with Gasteiger partial charge in [-0.1, -0.05) is 36.4 Å². The van der Waals surface area contributed by atoms with Crippen LogP contribution in [-0.2, 0) is 13.1 Å². The van der Waals surface area contributed by atoms with Crippen molar-refractivity contribution >= 4 is 34.4 Å². The Labute approximate surface area is 180 Å². The smallest absolute Gasteiger partial charge is 0.134 e. The van der Waals surface area contributed by atoms with Crippen LogP contribution in [0.1, 0.15) is 11.1 Å². The Hall–Kier alpha value is -3.06. The molecule has 0 saturated carbocycles. The maximum absolute atomic E-state index is 4.47. The highest BCUT2D eigenvalue weighted by Gasteiger charge is 2.13. The Morgan fingerprint density at radius 2 is 1.70 bits per heavy atom. The summed E-state index contributed by atoms with van der Waals surface area (Å²) in [6, 6.07) is 19.0. The van der Waals surface area contributed by atoms with Gasteiger partial charge in [-0.25, -0.2) is 15.0 Å². The van der Waals surface area contributed by atoms with E-state index >= 15 is 0 Å². The molecular formula is C23H24N6S. The summed E-state index contributed by atoms with van der Waals surface area (Å²) in [4.78, 5) is 15.6. The number of thioether (sulfide) groups is 1. The van der Waals surface area contributed by atoms with Crippen LogP contribution in [0.2, 0.25) is 0 Å². The van der Waals surface area contributed by atoms with Crippen LogP contribution in [0, 0.1) is 0 Å². The highest BCUT2D eigenvalue weighted by Crippen LogP contribution is 2.19. The predicted octanol–water partition coefficient (Wildman–Crippen LogP) is 4.04. The Balaban J connectivity index is 1.21. The first-order chi connectivity index (χ1) is 14.8. The molecule has 2 aromatic carbocycles. The Morgan fingerprint density at radius 3 is 2.57 bits per heavy atom. The molecule has 0 bridgehead atoms. The van der Waals surface area contributed by atoms with Crippen molar-refractivity contribution in [3.8, 4) is 0 Å². The van der Waals surface area contributed by atoms with E-state index < -0.39 is 0 Å². The highest BCUT2D eigenvalue weighted by atomic mass is 32.2. The lowest BCUT2D eigenvalue weighted by atomic mass is 10.1. The molecule has 152 valence electrons. The molecule has 0 amide bonds. The maximum atomic E-state index is 4.47. The topological polar surface area (TPSA) is 58.9 Å². The Bertz CT molecular complexity index is 1120. The van der Waals surface area contributed by atoms with Gasteiger partial charge < -0.3 is 14.8 Å². The molecular weight excluding hydrogens is 392 g/mol. The zero-order valence-electron chi connectivity index (χ0n) is 16.7. The maximum Gasteiger partial charge on any atom is 0.134 e. The zero-order valence-corrected chi connectivity index (χ0v) is 17.6. The second-order valence-corrected chi connectivity index (χ2v) is 8.62. The average Bonchev–Trinajstić information content (AvgIpc) is 3.22. The Kier molecular flexibility index (Phi) is 5.52. The molecule has 4 aromatic rings. The molecule has 3 heterocycles. The fourth-order valence-electron chi connectivity index (χ4n) is 3.70. The van der Waals surface area contributed by atoms with Crippen molar-refractivity contribution in [1.82, 2.24) is 19.5 Å². The highest BCUT2D eigenvalue weighted by molar-refractivity contribution is 7.99. The van der Waals surface area contributed by atoms with Gasteiger partial charge in [0.15, 0.2) is 0 Å². The minimum atomic E-state index is 0.737. The van der Waals surface area contributed by atoms with Crippen LogP contribution < -0.4 is 10.2 Å². The summed E-state index contributed by atoms with van der Waals surface area (Å²) in [6.45, 7) is 3.65. The van der Waals surface area contributed by atoms with Gasteiger partial charge in [0.25, 0.3) is 0 Å². The van der Waals surface area contributed by atoms with Crippen molar-refractivity contribution in [2.45, 2.75) is 13.1 Å². The van der Waals surface area contributed by atoms with Crippen molar-refractivity contribution in [3.63, 3.8) is 0 Å². The molecule has 0 radical (unpaired) electrons. The van der Waals surface area contributed by atoms with E-state index in [4.69, 9.17) is 0 Å². The van der Waals surface area contributed by atoms with Gasteiger partial charge in [0.05, 0.1) is 17.4 Å². The average molecular weight is 417 g/mol. The fourth-order valence-corrected chi connectivity index (χ4v) is 4.60. The molecule has 0 spiro atoms. The van der Waals surface area contributed by atoms with Gasteiger partial charge >= 0.3 is 0 Å². The van der Waals surface area contributed by atoms with Gasteiger partial charge in [0, 0.05) is 43.8 Å². The third kappa shape index (κ3) is 4.26. The second-order valence-electron chi connectivity index (χ2n) is 7.39. The summed E-state index contributed by atoms with van der Waals surface area (Å²) in [7, 11) is 0. The molecule has 1 fully saturated rings. The third-order valence-corrected chi connectivity index (χ3v) is 6.31. The van der Waals surface area contributed by atoms with Crippen LogP contribution in [0.4, 0.5) is 11.6 Å². The quantitative estimate of drug-likeness (QED) is 0.512. The van der Waals surface area contributed by atoms with Gasteiger partial charge in [0.2, 0.25) is 0 Å². The number of nitrogens with one attached hydrogen (secondary N) is 1. The summed E-state index contributed by atoms with van der Waals surface area (Å²) in [5, 5.41) is 3.43. The van der Waals surface area contributed by atoms with Gasteiger partial charge in [-0.3, -0.25) is 0 Å². The monoisotopic (exact) mass is 416 g/mol. The second kappa shape index (κ2) is 8.75. The molecule has 2 aromatic heterocycles. The van der Waals surface area contributed by atoms with Crippen LogP contribution in [0.3, 0.4) is 0 Å². The van der Waals surface area contributed by atoms with E-state index in [-0.39, 0.29) is 0 Å². The molecule has 7 heteroatoms. The van der Waals surface area contributed by atoms with Crippen LogP contribution in [0.15, 0.2) is 67.3 Å². The lowest BCUT2D eigenvalue weighted by Crippen LogP contribution is -2.33. The molecule has 0 unspecified atom stereocenters. The van der Waals surface area contributed by atoms with Crippen molar-refractivity contribution in [2.75, 3.05) is 34.8 Å². The van der Waals surface area contributed by atoms with E-state index in [0.29, 0.717) is 0 Å². The van der Waals surface area contributed by atoms with Crippen LogP contribution in [0.25, 0.3) is 11.0 Å². The number of fused-ring (bicyclic) bond motifs is 1. The van der Waals surface area contributed by atoms with Gasteiger partial charge in [-0.05, 0) is 23.3 Å². The molecule has 1 aliphatic rings. The summed E-state index contributed by atoms with van der Waals surface area (Å²) >= 11 is 2.00. The van der Waals surface area contributed by atoms with Crippen molar-refractivity contribution < 1.29 is 0 Å². The van der Waals surface area contributed by atoms with Gasteiger partial charge in [-0.15, -0.1) is 0 Å². The summed E-state index contributed by atoms with van der Waals surface area (Å²) in [5.74, 6) is 4.20.